The van der Waals surface area contributed by atoms with Gasteiger partial charge in [0.05, 0.1) is 26.2 Å². The predicted molar refractivity (Wildman–Crippen MR) is 125 cm³/mol. The molecular formula is C22H22N2O6S2. The first-order valence-electron chi connectivity index (χ1n) is 9.50. The lowest BCUT2D eigenvalue weighted by Crippen LogP contribution is -2.36. The van der Waals surface area contributed by atoms with Crippen LogP contribution in [0.15, 0.2) is 39.9 Å². The van der Waals surface area contributed by atoms with Gasteiger partial charge >= 0.3 is 0 Å². The Bertz CT molecular complexity index is 1040. The summed E-state index contributed by atoms with van der Waals surface area (Å²) >= 11 is 2.38. The van der Waals surface area contributed by atoms with Gasteiger partial charge in [-0.15, -0.1) is 0 Å². The molecule has 2 heterocycles. The number of thioether (sulfide) groups is 1. The van der Waals surface area contributed by atoms with Gasteiger partial charge in [-0.05, 0) is 64.0 Å². The molecule has 168 valence electrons. The second kappa shape index (κ2) is 10.9. The largest absolute Gasteiger partial charge is 0.493 e. The molecule has 0 radical (unpaired) electrons. The number of carbonyl (C=O) groups is 3. The average molecular weight is 475 g/mol. The first-order valence-corrected chi connectivity index (χ1v) is 11.3. The van der Waals surface area contributed by atoms with Crippen LogP contribution in [-0.4, -0.2) is 56.4 Å². The summed E-state index contributed by atoms with van der Waals surface area (Å²) in [5.74, 6) is 0.600. The molecule has 1 saturated heterocycles. The number of rotatable bonds is 9. The number of methoxy groups -OCH3 is 3. The van der Waals surface area contributed by atoms with Gasteiger partial charge in [-0.2, -0.15) is 11.3 Å². The molecule has 0 atom stereocenters. The fourth-order valence-corrected chi connectivity index (χ4v) is 4.41. The van der Waals surface area contributed by atoms with Gasteiger partial charge < -0.3 is 19.5 Å². The first-order chi connectivity index (χ1) is 15.5. The van der Waals surface area contributed by atoms with E-state index in [1.807, 2.05) is 16.8 Å². The third-order valence-corrected chi connectivity index (χ3v) is 6.07. The molecule has 0 aliphatic carbocycles. The number of ether oxygens (including phenoxy) is 3. The molecular weight excluding hydrogens is 452 g/mol. The molecule has 1 N–H and O–H groups in total. The van der Waals surface area contributed by atoms with E-state index in [1.54, 1.807) is 35.6 Å². The number of amides is 3. The third-order valence-electron chi connectivity index (χ3n) is 4.46. The van der Waals surface area contributed by atoms with Crippen molar-refractivity contribution in [2.45, 2.75) is 0 Å². The molecule has 3 amide bonds. The maximum atomic E-state index is 12.7. The van der Waals surface area contributed by atoms with Crippen LogP contribution in [0.2, 0.25) is 0 Å². The lowest BCUT2D eigenvalue weighted by atomic mass is 10.1. The minimum atomic E-state index is -0.420. The number of imide groups is 1. The minimum Gasteiger partial charge on any atom is -0.493 e. The van der Waals surface area contributed by atoms with Crippen LogP contribution in [0, 0.1) is 0 Å². The maximum Gasteiger partial charge on any atom is 0.293 e. The number of nitrogens with one attached hydrogen (secondary N) is 1. The zero-order valence-corrected chi connectivity index (χ0v) is 19.4. The molecule has 1 aliphatic rings. The Labute approximate surface area is 193 Å². The Morgan fingerprint density at radius 1 is 1.09 bits per heavy atom. The van der Waals surface area contributed by atoms with Crippen LogP contribution in [0.3, 0.4) is 0 Å². The zero-order chi connectivity index (χ0) is 23.1. The summed E-state index contributed by atoms with van der Waals surface area (Å²) in [7, 11) is 4.50. The van der Waals surface area contributed by atoms with E-state index in [2.05, 4.69) is 5.32 Å². The van der Waals surface area contributed by atoms with Crippen LogP contribution < -0.4 is 19.5 Å². The van der Waals surface area contributed by atoms with E-state index < -0.39 is 11.1 Å². The SMILES string of the molecule is COc1cc(/C=C2\SC(=O)N(CCNC(=O)/C=C/c3ccsc3)C2=O)cc(OC)c1OC. The molecule has 0 saturated carbocycles. The third kappa shape index (κ3) is 5.51. The van der Waals surface area contributed by atoms with Crippen molar-refractivity contribution in [1.82, 2.24) is 10.2 Å². The molecule has 0 unspecified atom stereocenters. The Kier molecular flexibility index (Phi) is 7.96. The number of benzene rings is 1. The van der Waals surface area contributed by atoms with E-state index in [0.29, 0.717) is 22.8 Å². The van der Waals surface area contributed by atoms with Crippen molar-refractivity contribution in [3.05, 3.63) is 51.1 Å². The molecule has 2 aromatic rings. The van der Waals surface area contributed by atoms with Crippen LogP contribution in [0.5, 0.6) is 17.2 Å². The van der Waals surface area contributed by atoms with Crippen molar-refractivity contribution in [2.24, 2.45) is 0 Å². The minimum absolute atomic E-state index is 0.0787. The Hall–Kier alpha value is -3.24. The van der Waals surface area contributed by atoms with Crippen molar-refractivity contribution >= 4 is 52.3 Å². The molecule has 1 aliphatic heterocycles. The molecule has 10 heteroatoms. The van der Waals surface area contributed by atoms with Crippen LogP contribution >= 0.6 is 23.1 Å². The lowest BCUT2D eigenvalue weighted by molar-refractivity contribution is -0.123. The Morgan fingerprint density at radius 2 is 1.81 bits per heavy atom. The number of carbonyl (C=O) groups excluding carboxylic acids is 3. The second-order valence-electron chi connectivity index (χ2n) is 6.47. The maximum absolute atomic E-state index is 12.7. The number of hydrogen-bond acceptors (Lipinski definition) is 8. The lowest BCUT2D eigenvalue weighted by Gasteiger charge is -2.13. The van der Waals surface area contributed by atoms with Crippen molar-refractivity contribution in [3.8, 4) is 17.2 Å². The van der Waals surface area contributed by atoms with Crippen LogP contribution in [0.25, 0.3) is 12.2 Å². The van der Waals surface area contributed by atoms with Gasteiger partial charge in [0.15, 0.2) is 11.5 Å². The average Bonchev–Trinajstić information content (AvgIpc) is 3.40. The summed E-state index contributed by atoms with van der Waals surface area (Å²) in [5.41, 5.74) is 1.56. The Balaban J connectivity index is 1.64. The van der Waals surface area contributed by atoms with Crippen molar-refractivity contribution < 1.29 is 28.6 Å². The molecule has 3 rings (SSSR count). The molecule has 1 fully saturated rings. The normalized spacial score (nSPS) is 15.0. The van der Waals surface area contributed by atoms with E-state index in [-0.39, 0.29) is 23.9 Å². The highest BCUT2D eigenvalue weighted by Gasteiger charge is 2.34. The van der Waals surface area contributed by atoms with E-state index in [0.717, 1.165) is 22.2 Å². The van der Waals surface area contributed by atoms with Crippen LogP contribution in [-0.2, 0) is 9.59 Å². The van der Waals surface area contributed by atoms with Crippen LogP contribution in [0.1, 0.15) is 11.1 Å². The quantitative estimate of drug-likeness (QED) is 0.555. The van der Waals surface area contributed by atoms with Gasteiger partial charge in [-0.3, -0.25) is 19.3 Å². The number of thiophene rings is 1. The van der Waals surface area contributed by atoms with Gasteiger partial charge in [0, 0.05) is 19.2 Å². The Morgan fingerprint density at radius 3 is 2.41 bits per heavy atom. The van der Waals surface area contributed by atoms with E-state index in [1.165, 1.54) is 27.4 Å². The summed E-state index contributed by atoms with van der Waals surface area (Å²) < 4.78 is 15.9. The number of hydrogen-bond donors (Lipinski definition) is 1. The van der Waals surface area contributed by atoms with Gasteiger partial charge in [0.25, 0.3) is 11.1 Å². The monoisotopic (exact) mass is 474 g/mol. The van der Waals surface area contributed by atoms with Crippen LogP contribution in [0.4, 0.5) is 4.79 Å². The standard InChI is InChI=1S/C22H22N2O6S2/c1-28-16-10-15(11-17(29-2)20(16)30-3)12-18-21(26)24(22(27)32-18)8-7-23-19(25)5-4-14-6-9-31-13-14/h4-6,9-13H,7-8H2,1-3H3,(H,23,25)/b5-4+,18-12-. The highest BCUT2D eigenvalue weighted by atomic mass is 32.2. The second-order valence-corrected chi connectivity index (χ2v) is 8.25. The zero-order valence-electron chi connectivity index (χ0n) is 17.7. The molecule has 8 nitrogen and oxygen atoms in total. The summed E-state index contributed by atoms with van der Waals surface area (Å²) in [4.78, 5) is 38.3. The number of nitrogens with zero attached hydrogens (tertiary/aromatic N) is 1. The first kappa shape index (κ1) is 23.4. The highest BCUT2D eigenvalue weighted by Crippen LogP contribution is 2.40. The summed E-state index contributed by atoms with van der Waals surface area (Å²) in [5, 5.41) is 6.13. The summed E-state index contributed by atoms with van der Waals surface area (Å²) in [6.07, 6.45) is 4.71. The predicted octanol–water partition coefficient (Wildman–Crippen LogP) is 3.64. The van der Waals surface area contributed by atoms with Crippen molar-refractivity contribution in [1.29, 1.82) is 0 Å². The van der Waals surface area contributed by atoms with Gasteiger partial charge in [0.2, 0.25) is 11.7 Å². The van der Waals surface area contributed by atoms with Gasteiger partial charge in [0.1, 0.15) is 0 Å². The van der Waals surface area contributed by atoms with Gasteiger partial charge in [-0.25, -0.2) is 0 Å². The molecule has 1 aromatic heterocycles. The molecule has 32 heavy (non-hydrogen) atoms. The smallest absolute Gasteiger partial charge is 0.293 e. The topological polar surface area (TPSA) is 94.2 Å². The fourth-order valence-electron chi connectivity index (χ4n) is 2.92. The van der Waals surface area contributed by atoms with Crippen molar-refractivity contribution in [2.75, 3.05) is 34.4 Å². The molecule has 0 spiro atoms. The molecule has 1 aromatic carbocycles. The fraction of sp³-hybridized carbons (Fsp3) is 0.227. The summed E-state index contributed by atoms with van der Waals surface area (Å²) in [6, 6.07) is 5.28. The van der Waals surface area contributed by atoms with E-state index >= 15 is 0 Å². The van der Waals surface area contributed by atoms with E-state index in [4.69, 9.17) is 14.2 Å². The highest BCUT2D eigenvalue weighted by molar-refractivity contribution is 8.18. The van der Waals surface area contributed by atoms with Gasteiger partial charge in [-0.1, -0.05) is 0 Å². The summed E-state index contributed by atoms with van der Waals surface area (Å²) in [6.45, 7) is 0.234. The van der Waals surface area contributed by atoms with E-state index in [9.17, 15) is 14.4 Å². The van der Waals surface area contributed by atoms with Crippen molar-refractivity contribution in [3.63, 3.8) is 0 Å². The molecule has 0 bridgehead atoms.